The van der Waals surface area contributed by atoms with E-state index in [1.807, 2.05) is 0 Å². The van der Waals surface area contributed by atoms with E-state index in [0.717, 1.165) is 12.1 Å². The van der Waals surface area contributed by atoms with Gasteiger partial charge in [-0.15, -0.1) is 11.6 Å². The van der Waals surface area contributed by atoms with Crippen LogP contribution in [0.5, 0.6) is 0 Å². The van der Waals surface area contributed by atoms with Crippen LogP contribution >= 0.6 is 23.2 Å². The summed E-state index contributed by atoms with van der Waals surface area (Å²) in [5.74, 6) is -9.05. The van der Waals surface area contributed by atoms with Crippen molar-refractivity contribution in [1.29, 1.82) is 0 Å². The number of halogens is 4. The molecule has 0 aliphatic carbocycles. The van der Waals surface area contributed by atoms with Crippen molar-refractivity contribution in [2.45, 2.75) is 49.3 Å². The summed E-state index contributed by atoms with van der Waals surface area (Å²) in [6, 6.07) is 7.41. The number of aliphatic carboxylic acids is 1. The molecule has 1 aliphatic rings. The number of carbonyl (C=O) groups is 3. The van der Waals surface area contributed by atoms with E-state index >= 15 is 0 Å². The summed E-state index contributed by atoms with van der Waals surface area (Å²) in [7, 11) is 0. The van der Waals surface area contributed by atoms with Gasteiger partial charge in [-0.05, 0) is 30.3 Å². The molecule has 0 unspecified atom stereocenters. The summed E-state index contributed by atoms with van der Waals surface area (Å²) in [5, 5.41) is 47.3. The molecule has 11 nitrogen and oxygen atoms in total. The summed E-state index contributed by atoms with van der Waals surface area (Å²) < 4.78 is 38.6. The third-order valence-electron chi connectivity index (χ3n) is 6.15. The predicted molar refractivity (Wildman–Crippen MR) is 135 cm³/mol. The Labute approximate surface area is 236 Å². The monoisotopic (exact) mass is 606 g/mol. The van der Waals surface area contributed by atoms with E-state index in [9.17, 15) is 43.6 Å². The second-order valence-electron chi connectivity index (χ2n) is 8.92. The smallest absolute Gasteiger partial charge is 0.364 e. The lowest BCUT2D eigenvalue weighted by Gasteiger charge is -2.46. The van der Waals surface area contributed by atoms with Gasteiger partial charge in [-0.1, -0.05) is 23.7 Å². The highest BCUT2D eigenvalue weighted by Gasteiger charge is 2.56. The Morgan fingerprint density at radius 3 is 2.45 bits per heavy atom. The number of aliphatic hydroxyl groups excluding tert-OH is 3. The topological polar surface area (TPSA) is 175 Å². The molecule has 3 rings (SSSR count). The average molecular weight is 607 g/mol. The lowest BCUT2D eigenvalue weighted by atomic mass is 9.88. The van der Waals surface area contributed by atoms with Gasteiger partial charge in [-0.2, -0.15) is 0 Å². The molecule has 1 heterocycles. The fraction of sp³-hybridized carbons (Fsp3) is 0.400. The minimum Gasteiger partial charge on any atom is -0.477 e. The van der Waals surface area contributed by atoms with E-state index in [4.69, 9.17) is 32.7 Å². The first-order valence-corrected chi connectivity index (χ1v) is 12.7. The number of hydrogen-bond donors (Lipinski definition) is 6. The molecule has 2 aromatic rings. The van der Waals surface area contributed by atoms with Gasteiger partial charge in [-0.25, -0.2) is 13.6 Å². The van der Waals surface area contributed by atoms with Crippen molar-refractivity contribution in [1.82, 2.24) is 10.6 Å². The number of carboxylic acids is 1. The van der Waals surface area contributed by atoms with Crippen LogP contribution in [0.3, 0.4) is 0 Å². The molecule has 1 fully saturated rings. The second-order valence-corrected chi connectivity index (χ2v) is 9.62. The second kappa shape index (κ2) is 13.6. The molecule has 0 radical (unpaired) electrons. The molecule has 40 heavy (non-hydrogen) atoms. The van der Waals surface area contributed by atoms with E-state index in [2.05, 4.69) is 10.6 Å². The van der Waals surface area contributed by atoms with E-state index in [1.165, 1.54) is 30.3 Å². The summed E-state index contributed by atoms with van der Waals surface area (Å²) >= 11 is 11.3. The molecule has 0 aromatic heterocycles. The Hall–Kier alpha value is -2.91. The van der Waals surface area contributed by atoms with Crippen LogP contribution in [0.25, 0.3) is 0 Å². The molecular weight excluding hydrogens is 581 g/mol. The highest BCUT2D eigenvalue weighted by Crippen LogP contribution is 2.34. The lowest BCUT2D eigenvalue weighted by molar-refractivity contribution is -0.314. The first kappa shape index (κ1) is 31.6. The maximum Gasteiger partial charge on any atom is 0.364 e. The van der Waals surface area contributed by atoms with E-state index in [1.54, 1.807) is 0 Å². The number of aliphatic hydroxyl groups is 3. The number of hydrogen-bond acceptors (Lipinski definition) is 8. The van der Waals surface area contributed by atoms with Gasteiger partial charge >= 0.3 is 5.97 Å². The molecule has 0 saturated carbocycles. The summed E-state index contributed by atoms with van der Waals surface area (Å²) in [6.45, 7) is -1.38. The zero-order valence-electron chi connectivity index (χ0n) is 20.6. The molecule has 1 aliphatic heterocycles. The van der Waals surface area contributed by atoms with Gasteiger partial charge in [-0.3, -0.25) is 9.59 Å². The maximum atomic E-state index is 14.1. The number of amides is 2. The number of carboxylic acid groups (broad SMARTS) is 1. The number of alkyl halides is 1. The lowest BCUT2D eigenvalue weighted by Crippen LogP contribution is -2.68. The molecule has 0 bridgehead atoms. The predicted octanol–water partition coefficient (Wildman–Crippen LogP) is 0.941. The number of benzene rings is 2. The molecule has 6 atom stereocenters. The number of ether oxygens (including phenoxy) is 2. The van der Waals surface area contributed by atoms with Crippen LogP contribution in [0.15, 0.2) is 42.5 Å². The van der Waals surface area contributed by atoms with Gasteiger partial charge in [0.05, 0.1) is 24.9 Å². The molecular formula is C25H26Cl2F2N2O9. The van der Waals surface area contributed by atoms with Crippen molar-refractivity contribution in [3.63, 3.8) is 0 Å². The van der Waals surface area contributed by atoms with Gasteiger partial charge in [0, 0.05) is 29.1 Å². The van der Waals surface area contributed by atoms with Gasteiger partial charge < -0.3 is 40.5 Å². The highest BCUT2D eigenvalue weighted by molar-refractivity contribution is 6.30. The van der Waals surface area contributed by atoms with Crippen LogP contribution in [0.1, 0.15) is 22.3 Å². The average Bonchev–Trinajstić information content (AvgIpc) is 2.93. The zero-order chi connectivity index (χ0) is 29.6. The van der Waals surface area contributed by atoms with E-state index in [-0.39, 0.29) is 11.1 Å². The third-order valence-corrected chi connectivity index (χ3v) is 6.64. The Bertz CT molecular complexity index is 1220. The van der Waals surface area contributed by atoms with Gasteiger partial charge in [0.15, 0.2) is 11.6 Å². The van der Waals surface area contributed by atoms with E-state index < -0.39 is 91.1 Å². The van der Waals surface area contributed by atoms with Gasteiger partial charge in [0.25, 0.3) is 11.7 Å². The molecule has 2 amide bonds. The fourth-order valence-electron chi connectivity index (χ4n) is 4.03. The quantitative estimate of drug-likeness (QED) is 0.203. The Balaban J connectivity index is 1.82. The van der Waals surface area contributed by atoms with Crippen LogP contribution in [0.4, 0.5) is 8.78 Å². The highest BCUT2D eigenvalue weighted by atomic mass is 35.5. The Morgan fingerprint density at radius 2 is 1.82 bits per heavy atom. The third kappa shape index (κ3) is 7.43. The minimum absolute atomic E-state index is 0.186. The van der Waals surface area contributed by atoms with Crippen molar-refractivity contribution in [3.8, 4) is 0 Å². The van der Waals surface area contributed by atoms with E-state index in [0.29, 0.717) is 5.02 Å². The molecule has 218 valence electrons. The van der Waals surface area contributed by atoms with Crippen molar-refractivity contribution < 1.29 is 53.1 Å². The number of nitrogens with one attached hydrogen (secondary N) is 2. The number of rotatable bonds is 11. The first-order chi connectivity index (χ1) is 18.9. The Kier molecular flexibility index (Phi) is 10.8. The van der Waals surface area contributed by atoms with Crippen molar-refractivity contribution >= 4 is 41.0 Å². The SMILES string of the molecule is O=C(CCl)N[C@H]1[C@H]([C@H](O)[C@H](O)CNC(=O)c2ccc(Cl)cc2)O[C@@](OCc2cccc(F)c2F)(C(=O)O)C[C@@H]1O. The molecule has 2 aromatic carbocycles. The van der Waals surface area contributed by atoms with Crippen molar-refractivity contribution in [2.75, 3.05) is 12.4 Å². The van der Waals surface area contributed by atoms with Gasteiger partial charge in [0.2, 0.25) is 5.91 Å². The van der Waals surface area contributed by atoms with Crippen LogP contribution in [-0.2, 0) is 25.7 Å². The van der Waals surface area contributed by atoms with Gasteiger partial charge in [0.1, 0.15) is 18.1 Å². The standard InChI is InChI=1S/C25H26Cl2F2N2O9/c26-9-18(34)31-20-16(32)8-25(24(37)38,39-11-13-2-1-3-15(28)19(13)29)40-22(20)21(35)17(33)10-30-23(36)12-4-6-14(27)7-5-12/h1-7,16-17,20-22,32-33,35H,8-11H2,(H,30,36)(H,31,34)(H,37,38)/t16-,17+,20+,21+,22+,25+/m0/s1. The van der Waals surface area contributed by atoms with Crippen LogP contribution in [0.2, 0.25) is 5.02 Å². The Morgan fingerprint density at radius 1 is 1.15 bits per heavy atom. The van der Waals surface area contributed by atoms with Crippen LogP contribution < -0.4 is 10.6 Å². The molecule has 1 saturated heterocycles. The number of carbonyl (C=O) groups excluding carboxylic acids is 2. The first-order valence-electron chi connectivity index (χ1n) is 11.8. The molecule has 0 spiro atoms. The van der Waals surface area contributed by atoms with Crippen LogP contribution in [0, 0.1) is 11.6 Å². The normalized spacial score (nSPS) is 24.1. The fourth-order valence-corrected chi connectivity index (χ4v) is 4.24. The minimum atomic E-state index is -2.72. The largest absolute Gasteiger partial charge is 0.477 e. The summed E-state index contributed by atoms with van der Waals surface area (Å²) in [4.78, 5) is 36.6. The summed E-state index contributed by atoms with van der Waals surface area (Å²) in [5.41, 5.74) is -0.177. The zero-order valence-corrected chi connectivity index (χ0v) is 22.1. The van der Waals surface area contributed by atoms with Crippen LogP contribution in [-0.4, -0.2) is 86.9 Å². The van der Waals surface area contributed by atoms with Crippen molar-refractivity contribution in [3.05, 3.63) is 70.2 Å². The summed E-state index contributed by atoms with van der Waals surface area (Å²) in [6.07, 6.45) is -8.24. The molecule has 15 heteroatoms. The van der Waals surface area contributed by atoms with Crippen molar-refractivity contribution in [2.24, 2.45) is 0 Å². The molecule has 6 N–H and O–H groups in total. The maximum absolute atomic E-state index is 14.1.